The number of pyridine rings is 1. The van der Waals surface area contributed by atoms with E-state index in [9.17, 15) is 9.59 Å². The monoisotopic (exact) mass is 417 g/mol. The molecule has 0 saturated heterocycles. The molecule has 0 bridgehead atoms. The van der Waals surface area contributed by atoms with E-state index in [1.807, 2.05) is 61.5 Å². The zero-order valence-corrected chi connectivity index (χ0v) is 18.0. The number of rotatable bonds is 7. The number of benzene rings is 2. The number of hydrogen-bond acceptors (Lipinski definition) is 4. The molecule has 1 heterocycles. The van der Waals surface area contributed by atoms with E-state index >= 15 is 0 Å². The van der Waals surface area contributed by atoms with Gasteiger partial charge in [-0.1, -0.05) is 25.1 Å². The fraction of sp³-hybridized carbons (Fsp3) is 0.208. The highest BCUT2D eigenvalue weighted by atomic mass is 16.2. The maximum atomic E-state index is 12.8. The van der Waals surface area contributed by atoms with Gasteiger partial charge in [0.15, 0.2) is 0 Å². The van der Waals surface area contributed by atoms with Gasteiger partial charge in [-0.2, -0.15) is 0 Å². The van der Waals surface area contributed by atoms with E-state index in [-0.39, 0.29) is 11.9 Å². The van der Waals surface area contributed by atoms with Crippen LogP contribution >= 0.6 is 0 Å². The molecular weight excluding hydrogens is 390 g/mol. The number of carbonyl (C=O) groups excluding carboxylic acids is 2. The molecule has 3 amide bonds. The molecule has 160 valence electrons. The van der Waals surface area contributed by atoms with Crippen molar-refractivity contribution >= 4 is 29.0 Å². The van der Waals surface area contributed by atoms with Crippen LogP contribution in [0.5, 0.6) is 0 Å². The molecule has 0 radical (unpaired) electrons. The van der Waals surface area contributed by atoms with Gasteiger partial charge in [0, 0.05) is 50.1 Å². The van der Waals surface area contributed by atoms with Crippen molar-refractivity contribution in [2.45, 2.75) is 19.9 Å². The standard InChI is InChI=1S/C24H27N5O2/c1-4-17-7-9-19(10-8-17)27-24(31)28-20-11-12-22(29(2)3)21(14-20)23(30)26-16-18-6-5-13-25-15-18/h5-15H,4,16H2,1-3H3,(H,26,30)(H2,27,28,31). The molecule has 3 rings (SSSR count). The lowest BCUT2D eigenvalue weighted by Gasteiger charge is -2.18. The zero-order valence-electron chi connectivity index (χ0n) is 18.0. The van der Waals surface area contributed by atoms with Crippen LogP contribution in [-0.4, -0.2) is 31.0 Å². The minimum atomic E-state index is -0.372. The molecule has 0 unspecified atom stereocenters. The van der Waals surface area contributed by atoms with E-state index in [1.165, 1.54) is 5.56 Å². The van der Waals surface area contributed by atoms with Crippen molar-refractivity contribution in [2.75, 3.05) is 29.6 Å². The average molecular weight is 418 g/mol. The third-order valence-electron chi connectivity index (χ3n) is 4.78. The summed E-state index contributed by atoms with van der Waals surface area (Å²) in [7, 11) is 3.74. The fourth-order valence-corrected chi connectivity index (χ4v) is 3.08. The Labute approximate surface area is 182 Å². The molecule has 0 saturated carbocycles. The summed E-state index contributed by atoms with van der Waals surface area (Å²) in [5.41, 5.74) is 4.56. The molecule has 3 aromatic rings. The second-order valence-corrected chi connectivity index (χ2v) is 7.30. The molecule has 0 atom stereocenters. The van der Waals surface area contributed by atoms with E-state index in [0.29, 0.717) is 23.5 Å². The first-order valence-corrected chi connectivity index (χ1v) is 10.1. The number of amides is 3. The largest absolute Gasteiger partial charge is 0.377 e. The second kappa shape index (κ2) is 10.2. The third kappa shape index (κ3) is 6.05. The molecule has 1 aromatic heterocycles. The molecule has 0 aliphatic rings. The van der Waals surface area contributed by atoms with Crippen LogP contribution in [0.4, 0.5) is 21.9 Å². The SMILES string of the molecule is CCc1ccc(NC(=O)Nc2ccc(N(C)C)c(C(=O)NCc3cccnc3)c2)cc1. The van der Waals surface area contributed by atoms with E-state index < -0.39 is 0 Å². The Morgan fingerprint density at radius 3 is 2.29 bits per heavy atom. The summed E-state index contributed by atoms with van der Waals surface area (Å²) in [6, 6.07) is 16.3. The van der Waals surface area contributed by atoms with Gasteiger partial charge >= 0.3 is 6.03 Å². The highest BCUT2D eigenvalue weighted by Crippen LogP contribution is 2.23. The first-order valence-electron chi connectivity index (χ1n) is 10.1. The minimum absolute atomic E-state index is 0.230. The molecule has 31 heavy (non-hydrogen) atoms. The van der Waals surface area contributed by atoms with Crippen LogP contribution in [0.1, 0.15) is 28.4 Å². The van der Waals surface area contributed by atoms with Crippen LogP contribution in [-0.2, 0) is 13.0 Å². The first kappa shape index (κ1) is 21.8. The summed E-state index contributed by atoms with van der Waals surface area (Å²) in [4.78, 5) is 31.2. The van der Waals surface area contributed by atoms with Gasteiger partial charge in [-0.3, -0.25) is 9.78 Å². The number of anilines is 3. The highest BCUT2D eigenvalue weighted by molar-refractivity contribution is 6.03. The second-order valence-electron chi connectivity index (χ2n) is 7.30. The number of aromatic nitrogens is 1. The maximum absolute atomic E-state index is 12.8. The maximum Gasteiger partial charge on any atom is 0.323 e. The lowest BCUT2D eigenvalue weighted by molar-refractivity contribution is 0.0951. The van der Waals surface area contributed by atoms with Gasteiger partial charge in [-0.15, -0.1) is 0 Å². The van der Waals surface area contributed by atoms with Crippen LogP contribution in [0.15, 0.2) is 67.0 Å². The Balaban J connectivity index is 1.70. The van der Waals surface area contributed by atoms with Crippen LogP contribution in [0, 0.1) is 0 Å². The molecule has 0 fully saturated rings. The quantitative estimate of drug-likeness (QED) is 0.535. The lowest BCUT2D eigenvalue weighted by atomic mass is 10.1. The van der Waals surface area contributed by atoms with Gasteiger partial charge in [0.1, 0.15) is 0 Å². The van der Waals surface area contributed by atoms with Crippen molar-refractivity contribution in [1.29, 1.82) is 0 Å². The van der Waals surface area contributed by atoms with Gasteiger partial charge in [0.2, 0.25) is 0 Å². The van der Waals surface area contributed by atoms with E-state index in [4.69, 9.17) is 0 Å². The lowest BCUT2D eigenvalue weighted by Crippen LogP contribution is -2.26. The highest BCUT2D eigenvalue weighted by Gasteiger charge is 2.15. The number of carbonyl (C=O) groups is 2. The Kier molecular flexibility index (Phi) is 7.22. The number of aryl methyl sites for hydroxylation is 1. The van der Waals surface area contributed by atoms with Gasteiger partial charge in [0.05, 0.1) is 5.56 Å². The Bertz CT molecular complexity index is 1030. The van der Waals surface area contributed by atoms with Crippen LogP contribution in [0.3, 0.4) is 0 Å². The van der Waals surface area contributed by atoms with Crippen LogP contribution < -0.4 is 20.9 Å². The first-order chi connectivity index (χ1) is 15.0. The fourth-order valence-electron chi connectivity index (χ4n) is 3.08. The summed E-state index contributed by atoms with van der Waals surface area (Å²) in [6.45, 7) is 2.45. The van der Waals surface area contributed by atoms with Gasteiger partial charge in [0.25, 0.3) is 5.91 Å². The summed E-state index contributed by atoms with van der Waals surface area (Å²) in [5, 5.41) is 8.51. The van der Waals surface area contributed by atoms with Crippen molar-refractivity contribution < 1.29 is 9.59 Å². The Hall–Kier alpha value is -3.87. The molecule has 0 spiro atoms. The zero-order chi connectivity index (χ0) is 22.2. The van der Waals surface area contributed by atoms with Crippen molar-refractivity contribution in [3.63, 3.8) is 0 Å². The van der Waals surface area contributed by atoms with E-state index in [2.05, 4.69) is 27.9 Å². The van der Waals surface area contributed by atoms with Crippen LogP contribution in [0.2, 0.25) is 0 Å². The Morgan fingerprint density at radius 1 is 0.935 bits per heavy atom. The summed E-state index contributed by atoms with van der Waals surface area (Å²) >= 11 is 0. The summed E-state index contributed by atoms with van der Waals surface area (Å²) in [6.07, 6.45) is 4.34. The minimum Gasteiger partial charge on any atom is -0.377 e. The smallest absolute Gasteiger partial charge is 0.323 e. The van der Waals surface area contributed by atoms with Crippen LogP contribution in [0.25, 0.3) is 0 Å². The van der Waals surface area contributed by atoms with Crippen molar-refractivity contribution in [1.82, 2.24) is 10.3 Å². The summed E-state index contributed by atoms with van der Waals surface area (Å²) < 4.78 is 0. The van der Waals surface area contributed by atoms with Gasteiger partial charge in [-0.25, -0.2) is 4.79 Å². The molecule has 3 N–H and O–H groups in total. The third-order valence-corrected chi connectivity index (χ3v) is 4.78. The Morgan fingerprint density at radius 2 is 1.65 bits per heavy atom. The van der Waals surface area contributed by atoms with Crippen molar-refractivity contribution in [3.05, 3.63) is 83.7 Å². The molecular formula is C24H27N5O2. The molecule has 7 nitrogen and oxygen atoms in total. The molecule has 7 heteroatoms. The summed E-state index contributed by atoms with van der Waals surface area (Å²) in [5.74, 6) is -0.230. The van der Waals surface area contributed by atoms with E-state index in [0.717, 1.165) is 17.7 Å². The topological polar surface area (TPSA) is 86.4 Å². The normalized spacial score (nSPS) is 10.3. The number of nitrogens with one attached hydrogen (secondary N) is 3. The van der Waals surface area contributed by atoms with E-state index in [1.54, 1.807) is 24.5 Å². The molecule has 0 aliphatic heterocycles. The van der Waals surface area contributed by atoms with Gasteiger partial charge in [-0.05, 0) is 53.9 Å². The number of hydrogen-bond donors (Lipinski definition) is 3. The number of urea groups is 1. The molecule has 2 aromatic carbocycles. The predicted molar refractivity (Wildman–Crippen MR) is 125 cm³/mol. The van der Waals surface area contributed by atoms with Gasteiger partial charge < -0.3 is 20.9 Å². The van der Waals surface area contributed by atoms with Crippen molar-refractivity contribution in [3.8, 4) is 0 Å². The average Bonchev–Trinajstić information content (AvgIpc) is 2.78. The van der Waals surface area contributed by atoms with Crippen molar-refractivity contribution in [2.24, 2.45) is 0 Å². The predicted octanol–water partition coefficient (Wildman–Crippen LogP) is 4.28. The molecule has 0 aliphatic carbocycles. The number of nitrogens with zero attached hydrogens (tertiary/aromatic N) is 2.